The molecule has 1 aliphatic rings. The lowest BCUT2D eigenvalue weighted by Crippen LogP contribution is -2.31. The number of aryl methyl sites for hydroxylation is 1. The first kappa shape index (κ1) is 12.9. The molecule has 16 heavy (non-hydrogen) atoms. The van der Waals surface area contributed by atoms with Gasteiger partial charge in [0.05, 0.1) is 11.8 Å². The summed E-state index contributed by atoms with van der Waals surface area (Å²) in [4.78, 5) is 12.0. The Morgan fingerprint density at radius 3 is 2.81 bits per heavy atom. The summed E-state index contributed by atoms with van der Waals surface area (Å²) in [7, 11) is 0. The summed E-state index contributed by atoms with van der Waals surface area (Å²) >= 11 is 0. The maximum absolute atomic E-state index is 12.0. The van der Waals surface area contributed by atoms with E-state index in [-0.39, 0.29) is 19.1 Å². The molecule has 0 radical (unpaired) electrons. The Morgan fingerprint density at radius 1 is 1.56 bits per heavy atom. The van der Waals surface area contributed by atoms with Crippen molar-refractivity contribution in [3.8, 4) is 0 Å². The zero-order chi connectivity index (χ0) is 10.7. The molecule has 0 unspecified atom stereocenters. The smallest absolute Gasteiger partial charge is 0.169 e. The lowest BCUT2D eigenvalue weighted by atomic mass is 9.91. The maximum atomic E-state index is 12.0. The zero-order valence-electron chi connectivity index (χ0n) is 9.07. The molecule has 0 saturated carbocycles. The molecule has 2 rings (SSSR count). The molecule has 0 aromatic carbocycles. The van der Waals surface area contributed by atoms with Gasteiger partial charge in [-0.25, -0.2) is 0 Å². The number of nitrogens with one attached hydrogen (secondary N) is 1. The highest BCUT2D eigenvalue weighted by atomic mass is 16.1. The Balaban J connectivity index is 0.00000128. The van der Waals surface area contributed by atoms with Gasteiger partial charge in [-0.2, -0.15) is 5.10 Å². The number of Topliss-reactive ketones (excluding diaryl/α,β-unsaturated/α-hetero) is 1. The topological polar surface area (TPSA) is 46.9 Å². The molecule has 1 aromatic rings. The van der Waals surface area contributed by atoms with Gasteiger partial charge < -0.3 is 5.32 Å². The van der Waals surface area contributed by atoms with Crippen LogP contribution >= 0.6 is 0 Å². The number of ketones is 1. The Hall–Kier alpha value is -1.16. The molecule has 1 aromatic heterocycles. The minimum Gasteiger partial charge on any atom is -0.317 e. The fraction of sp³-hybridized carbons (Fsp3) is 0.667. The van der Waals surface area contributed by atoms with Crippen LogP contribution in [0, 0.1) is 5.92 Å². The highest BCUT2D eigenvalue weighted by molar-refractivity contribution is 5.97. The van der Waals surface area contributed by atoms with Crippen molar-refractivity contribution in [3.63, 3.8) is 0 Å². The van der Waals surface area contributed by atoms with Crippen molar-refractivity contribution in [2.24, 2.45) is 5.92 Å². The van der Waals surface area contributed by atoms with Crippen LogP contribution in [0.15, 0.2) is 12.4 Å². The van der Waals surface area contributed by atoms with Crippen molar-refractivity contribution < 1.29 is 4.79 Å². The normalized spacial score (nSPS) is 16.8. The summed E-state index contributed by atoms with van der Waals surface area (Å²) in [5.41, 5.74) is 0.767. The molecular formula is C12H21N3O. The van der Waals surface area contributed by atoms with Gasteiger partial charge >= 0.3 is 0 Å². The van der Waals surface area contributed by atoms with E-state index in [1.807, 2.05) is 13.1 Å². The third kappa shape index (κ3) is 2.70. The number of aromatic nitrogens is 2. The predicted molar refractivity (Wildman–Crippen MR) is 64.6 cm³/mol. The largest absolute Gasteiger partial charge is 0.317 e. The zero-order valence-corrected chi connectivity index (χ0v) is 9.07. The van der Waals surface area contributed by atoms with Crippen LogP contribution in [0.1, 0.15) is 37.6 Å². The number of carbonyl (C=O) groups is 1. The molecule has 0 amide bonds. The van der Waals surface area contributed by atoms with E-state index in [1.54, 1.807) is 10.9 Å². The van der Waals surface area contributed by atoms with Gasteiger partial charge in [0.1, 0.15) is 0 Å². The van der Waals surface area contributed by atoms with E-state index in [0.717, 1.165) is 38.0 Å². The van der Waals surface area contributed by atoms with Crippen LogP contribution in [0.3, 0.4) is 0 Å². The van der Waals surface area contributed by atoms with Gasteiger partial charge in [-0.15, -0.1) is 0 Å². The third-order valence-electron chi connectivity index (χ3n) is 2.95. The average Bonchev–Trinajstić information content (AvgIpc) is 2.78. The van der Waals surface area contributed by atoms with Gasteiger partial charge in [-0.3, -0.25) is 9.48 Å². The summed E-state index contributed by atoms with van der Waals surface area (Å²) in [6.07, 6.45) is 5.45. The lowest BCUT2D eigenvalue weighted by molar-refractivity contribution is 0.0895. The summed E-state index contributed by atoms with van der Waals surface area (Å²) in [6, 6.07) is 0. The Bertz CT molecular complexity index is 340. The third-order valence-corrected chi connectivity index (χ3v) is 2.95. The standard InChI is InChI=1S/C11H17N3O.CH4/c1-2-14-8-10(7-13-14)11(15)9-3-5-12-6-4-9;/h7-9,12H,2-6H2,1H3;1H4. The van der Waals surface area contributed by atoms with Crippen LogP contribution in [-0.2, 0) is 6.54 Å². The highest BCUT2D eigenvalue weighted by Crippen LogP contribution is 2.17. The van der Waals surface area contributed by atoms with Gasteiger partial charge in [0, 0.05) is 18.7 Å². The van der Waals surface area contributed by atoms with Gasteiger partial charge in [-0.05, 0) is 32.9 Å². The first-order chi connectivity index (χ1) is 7.31. The molecule has 1 fully saturated rings. The predicted octanol–water partition coefficient (Wildman–Crippen LogP) is 1.72. The van der Waals surface area contributed by atoms with Crippen LogP contribution in [0.5, 0.6) is 0 Å². The molecule has 2 heterocycles. The molecule has 0 bridgehead atoms. The second-order valence-electron chi connectivity index (χ2n) is 3.97. The Kier molecular flexibility index (Phi) is 4.68. The van der Waals surface area contributed by atoms with E-state index in [2.05, 4.69) is 10.4 Å². The van der Waals surface area contributed by atoms with Crippen LogP contribution in [0.4, 0.5) is 0 Å². The molecule has 90 valence electrons. The van der Waals surface area contributed by atoms with Gasteiger partial charge in [0.15, 0.2) is 5.78 Å². The molecule has 1 saturated heterocycles. The molecule has 1 N–H and O–H groups in total. The summed E-state index contributed by atoms with van der Waals surface area (Å²) < 4.78 is 1.80. The van der Waals surface area contributed by atoms with Crippen molar-refractivity contribution in [2.75, 3.05) is 13.1 Å². The fourth-order valence-electron chi connectivity index (χ4n) is 1.98. The number of nitrogens with zero attached hydrogens (tertiary/aromatic N) is 2. The molecule has 0 spiro atoms. The fourth-order valence-corrected chi connectivity index (χ4v) is 1.98. The van der Waals surface area contributed by atoms with Crippen LogP contribution in [0.25, 0.3) is 0 Å². The minimum atomic E-state index is 0. The second kappa shape index (κ2) is 5.80. The van der Waals surface area contributed by atoms with E-state index in [9.17, 15) is 4.79 Å². The van der Waals surface area contributed by atoms with E-state index >= 15 is 0 Å². The van der Waals surface area contributed by atoms with Gasteiger partial charge in [0.25, 0.3) is 0 Å². The van der Waals surface area contributed by atoms with E-state index in [4.69, 9.17) is 0 Å². The lowest BCUT2D eigenvalue weighted by Gasteiger charge is -2.20. The van der Waals surface area contributed by atoms with E-state index in [1.165, 1.54) is 0 Å². The van der Waals surface area contributed by atoms with Crippen LogP contribution < -0.4 is 5.32 Å². The highest BCUT2D eigenvalue weighted by Gasteiger charge is 2.22. The van der Waals surface area contributed by atoms with Crippen molar-refractivity contribution in [3.05, 3.63) is 18.0 Å². The van der Waals surface area contributed by atoms with Crippen LogP contribution in [-0.4, -0.2) is 28.7 Å². The molecule has 4 heteroatoms. The average molecular weight is 223 g/mol. The first-order valence-electron chi connectivity index (χ1n) is 5.58. The monoisotopic (exact) mass is 223 g/mol. The number of rotatable bonds is 3. The van der Waals surface area contributed by atoms with Gasteiger partial charge in [-0.1, -0.05) is 7.43 Å². The molecule has 4 nitrogen and oxygen atoms in total. The van der Waals surface area contributed by atoms with E-state index in [0.29, 0.717) is 0 Å². The summed E-state index contributed by atoms with van der Waals surface area (Å²) in [6.45, 7) is 4.75. The Labute approximate surface area is 97.0 Å². The molecular weight excluding hydrogens is 202 g/mol. The summed E-state index contributed by atoms with van der Waals surface area (Å²) in [5.74, 6) is 0.456. The second-order valence-corrected chi connectivity index (χ2v) is 3.97. The van der Waals surface area contributed by atoms with Crippen molar-refractivity contribution in [1.29, 1.82) is 0 Å². The van der Waals surface area contributed by atoms with Crippen molar-refractivity contribution >= 4 is 5.78 Å². The van der Waals surface area contributed by atoms with Crippen molar-refractivity contribution in [1.82, 2.24) is 15.1 Å². The maximum Gasteiger partial charge on any atom is 0.169 e. The Morgan fingerprint density at radius 2 is 2.25 bits per heavy atom. The van der Waals surface area contributed by atoms with E-state index < -0.39 is 0 Å². The molecule has 0 atom stereocenters. The SMILES string of the molecule is C.CCn1cc(C(=O)C2CCNCC2)cn1. The number of carbonyl (C=O) groups excluding carboxylic acids is 1. The number of piperidine rings is 1. The number of hydrogen-bond acceptors (Lipinski definition) is 3. The molecule has 0 aliphatic carbocycles. The molecule has 1 aliphatic heterocycles. The quantitative estimate of drug-likeness (QED) is 0.794. The van der Waals surface area contributed by atoms with Gasteiger partial charge in [0.2, 0.25) is 0 Å². The summed E-state index contributed by atoms with van der Waals surface area (Å²) in [5, 5.41) is 7.40. The first-order valence-corrected chi connectivity index (χ1v) is 5.58. The van der Waals surface area contributed by atoms with Crippen LogP contribution in [0.2, 0.25) is 0 Å². The number of hydrogen-bond donors (Lipinski definition) is 1. The van der Waals surface area contributed by atoms with Crippen molar-refractivity contribution in [2.45, 2.75) is 33.7 Å². The minimum absolute atomic E-state index is 0.